The summed E-state index contributed by atoms with van der Waals surface area (Å²) in [6, 6.07) is 10.5. The highest BCUT2D eigenvalue weighted by Crippen LogP contribution is 2.27. The summed E-state index contributed by atoms with van der Waals surface area (Å²) in [7, 11) is 3.07. The van der Waals surface area contributed by atoms with Gasteiger partial charge in [0.15, 0.2) is 23.0 Å². The minimum atomic E-state index is 0.172. The van der Waals surface area contributed by atoms with Crippen LogP contribution in [0.25, 0.3) is 12.2 Å². The Balaban J connectivity index is 0.000000240. The fraction of sp³-hybridized carbons (Fsp3) is 0.200. The molecule has 0 spiro atoms. The number of benzene rings is 2. The first-order valence-electron chi connectivity index (χ1n) is 7.55. The Morgan fingerprint density at radius 1 is 0.708 bits per heavy atom. The number of rotatable bonds is 4. The van der Waals surface area contributed by atoms with Gasteiger partial charge in [-0.3, -0.25) is 0 Å². The number of hydrogen-bond donors (Lipinski definition) is 2. The zero-order valence-corrected chi connectivity index (χ0v) is 14.5. The molecule has 0 aliphatic heterocycles. The van der Waals surface area contributed by atoms with Gasteiger partial charge in [0.05, 0.1) is 14.2 Å². The standard InChI is InChI=1S/2C10H12O2/c2*1-3-4-8-5-6-9(11)10(7-8)12-2/h2*3-7,11H,1-2H3/b4-3+;. The van der Waals surface area contributed by atoms with E-state index in [-0.39, 0.29) is 11.5 Å². The summed E-state index contributed by atoms with van der Waals surface area (Å²) in [4.78, 5) is 0. The van der Waals surface area contributed by atoms with Crippen molar-refractivity contribution in [2.45, 2.75) is 13.8 Å². The van der Waals surface area contributed by atoms with Crippen molar-refractivity contribution < 1.29 is 19.7 Å². The molecule has 128 valence electrons. The first-order chi connectivity index (χ1) is 11.5. The van der Waals surface area contributed by atoms with E-state index in [1.807, 2.05) is 50.3 Å². The third-order valence-corrected chi connectivity index (χ3v) is 3.13. The fourth-order valence-electron chi connectivity index (χ4n) is 1.98. The van der Waals surface area contributed by atoms with Gasteiger partial charge in [0.25, 0.3) is 0 Å². The molecule has 2 rings (SSSR count). The predicted molar refractivity (Wildman–Crippen MR) is 98.7 cm³/mol. The highest BCUT2D eigenvalue weighted by Gasteiger charge is 2.00. The van der Waals surface area contributed by atoms with E-state index in [2.05, 4.69) is 0 Å². The maximum Gasteiger partial charge on any atom is 0.161 e. The van der Waals surface area contributed by atoms with Crippen LogP contribution in [-0.2, 0) is 0 Å². The molecular formula is C20H24O4. The van der Waals surface area contributed by atoms with Gasteiger partial charge in [0, 0.05) is 0 Å². The first kappa shape index (κ1) is 19.2. The van der Waals surface area contributed by atoms with E-state index in [9.17, 15) is 10.2 Å². The number of ether oxygens (including phenoxy) is 2. The second-order valence-electron chi connectivity index (χ2n) is 4.86. The normalized spacial score (nSPS) is 10.5. The second kappa shape index (κ2) is 10.0. The van der Waals surface area contributed by atoms with Crippen LogP contribution in [0.1, 0.15) is 25.0 Å². The van der Waals surface area contributed by atoms with Gasteiger partial charge in [-0.2, -0.15) is 0 Å². The van der Waals surface area contributed by atoms with Crippen molar-refractivity contribution in [3.05, 3.63) is 59.7 Å². The molecule has 0 bridgehead atoms. The van der Waals surface area contributed by atoms with Crippen LogP contribution in [0.2, 0.25) is 0 Å². The average molecular weight is 328 g/mol. The van der Waals surface area contributed by atoms with Gasteiger partial charge in [-0.15, -0.1) is 0 Å². The highest BCUT2D eigenvalue weighted by atomic mass is 16.5. The minimum Gasteiger partial charge on any atom is -0.504 e. The molecular weight excluding hydrogens is 304 g/mol. The molecule has 0 saturated heterocycles. The summed E-state index contributed by atoms with van der Waals surface area (Å²) in [5.41, 5.74) is 2.04. The Morgan fingerprint density at radius 2 is 1.08 bits per heavy atom. The number of phenolic OH excluding ortho intramolecular Hbond substituents is 2. The van der Waals surface area contributed by atoms with Gasteiger partial charge >= 0.3 is 0 Å². The monoisotopic (exact) mass is 328 g/mol. The summed E-state index contributed by atoms with van der Waals surface area (Å²) in [5.74, 6) is 1.35. The summed E-state index contributed by atoms with van der Waals surface area (Å²) >= 11 is 0. The predicted octanol–water partition coefficient (Wildman–Crippen LogP) is 4.87. The number of methoxy groups -OCH3 is 2. The summed E-state index contributed by atoms with van der Waals surface area (Å²) in [5, 5.41) is 18.5. The molecule has 2 N–H and O–H groups in total. The minimum absolute atomic E-state index is 0.172. The number of phenols is 2. The third-order valence-electron chi connectivity index (χ3n) is 3.13. The molecule has 0 aliphatic carbocycles. The number of aromatic hydroxyl groups is 2. The van der Waals surface area contributed by atoms with Crippen LogP contribution in [0.3, 0.4) is 0 Å². The van der Waals surface area contributed by atoms with E-state index in [0.717, 1.165) is 11.1 Å². The quantitative estimate of drug-likeness (QED) is 0.841. The molecule has 0 aliphatic rings. The van der Waals surface area contributed by atoms with Crippen LogP contribution in [0.4, 0.5) is 0 Å². The SMILES string of the molecule is C/C=C/c1ccc(O)c(OC)c1.CC=Cc1ccc(O)c(OC)c1. The van der Waals surface area contributed by atoms with Crippen molar-refractivity contribution in [3.8, 4) is 23.0 Å². The number of allylic oxidation sites excluding steroid dienone is 2. The van der Waals surface area contributed by atoms with E-state index < -0.39 is 0 Å². The van der Waals surface area contributed by atoms with Gasteiger partial charge in [-0.1, -0.05) is 36.4 Å². The van der Waals surface area contributed by atoms with Crippen LogP contribution in [0.5, 0.6) is 23.0 Å². The van der Waals surface area contributed by atoms with Gasteiger partial charge in [-0.25, -0.2) is 0 Å². The maximum atomic E-state index is 9.25. The molecule has 0 saturated carbocycles. The molecule has 0 aromatic heterocycles. The lowest BCUT2D eigenvalue weighted by Crippen LogP contribution is -1.83. The van der Waals surface area contributed by atoms with Crippen molar-refractivity contribution in [1.29, 1.82) is 0 Å². The molecule has 0 atom stereocenters. The van der Waals surface area contributed by atoms with Crippen LogP contribution in [0, 0.1) is 0 Å². The Morgan fingerprint density at radius 3 is 1.38 bits per heavy atom. The molecule has 24 heavy (non-hydrogen) atoms. The lowest BCUT2D eigenvalue weighted by Gasteiger charge is -2.03. The molecule has 0 amide bonds. The van der Waals surface area contributed by atoms with Gasteiger partial charge in [0.1, 0.15) is 0 Å². The average Bonchev–Trinajstić information content (AvgIpc) is 2.59. The summed E-state index contributed by atoms with van der Waals surface area (Å²) < 4.78 is 9.90. The van der Waals surface area contributed by atoms with Crippen LogP contribution >= 0.6 is 0 Å². The summed E-state index contributed by atoms with van der Waals surface area (Å²) in [6.45, 7) is 3.89. The fourth-order valence-corrected chi connectivity index (χ4v) is 1.98. The van der Waals surface area contributed by atoms with E-state index in [0.29, 0.717) is 11.5 Å². The lowest BCUT2D eigenvalue weighted by molar-refractivity contribution is 0.373. The largest absolute Gasteiger partial charge is 0.504 e. The number of hydrogen-bond acceptors (Lipinski definition) is 4. The van der Waals surface area contributed by atoms with Gasteiger partial charge in [-0.05, 0) is 49.2 Å². The zero-order valence-electron chi connectivity index (χ0n) is 14.5. The smallest absolute Gasteiger partial charge is 0.161 e. The Bertz CT molecular complexity index is 641. The third kappa shape index (κ3) is 5.72. The van der Waals surface area contributed by atoms with Crippen molar-refractivity contribution in [1.82, 2.24) is 0 Å². The van der Waals surface area contributed by atoms with Crippen molar-refractivity contribution in [3.63, 3.8) is 0 Å². The lowest BCUT2D eigenvalue weighted by atomic mass is 10.2. The summed E-state index contributed by atoms with van der Waals surface area (Å²) in [6.07, 6.45) is 7.77. The van der Waals surface area contributed by atoms with Crippen molar-refractivity contribution in [2.24, 2.45) is 0 Å². The Labute approximate surface area is 143 Å². The molecule has 2 aromatic rings. The van der Waals surface area contributed by atoms with E-state index in [1.165, 1.54) is 14.2 Å². The topological polar surface area (TPSA) is 58.9 Å². The Kier molecular flexibility index (Phi) is 7.99. The van der Waals surface area contributed by atoms with Crippen LogP contribution in [0.15, 0.2) is 48.6 Å². The molecule has 4 heteroatoms. The van der Waals surface area contributed by atoms with E-state index in [4.69, 9.17) is 9.47 Å². The van der Waals surface area contributed by atoms with E-state index in [1.54, 1.807) is 24.3 Å². The zero-order chi connectivity index (χ0) is 17.9. The second-order valence-corrected chi connectivity index (χ2v) is 4.86. The molecule has 4 nitrogen and oxygen atoms in total. The molecule has 0 radical (unpaired) electrons. The highest BCUT2D eigenvalue weighted by molar-refractivity contribution is 5.55. The van der Waals surface area contributed by atoms with Crippen LogP contribution < -0.4 is 9.47 Å². The maximum absolute atomic E-state index is 9.25. The molecule has 2 aromatic carbocycles. The van der Waals surface area contributed by atoms with Crippen molar-refractivity contribution >= 4 is 12.2 Å². The van der Waals surface area contributed by atoms with E-state index >= 15 is 0 Å². The van der Waals surface area contributed by atoms with Crippen molar-refractivity contribution in [2.75, 3.05) is 14.2 Å². The molecule has 0 heterocycles. The van der Waals surface area contributed by atoms with Gasteiger partial charge < -0.3 is 19.7 Å². The molecule has 0 fully saturated rings. The Hall–Kier alpha value is -2.88. The molecule has 0 unspecified atom stereocenters. The first-order valence-corrected chi connectivity index (χ1v) is 7.55. The van der Waals surface area contributed by atoms with Crippen LogP contribution in [-0.4, -0.2) is 24.4 Å². The van der Waals surface area contributed by atoms with Gasteiger partial charge in [0.2, 0.25) is 0 Å².